The van der Waals surface area contributed by atoms with Crippen LogP contribution in [0.5, 0.6) is 11.8 Å². The van der Waals surface area contributed by atoms with Crippen molar-refractivity contribution in [2.24, 2.45) is 0 Å². The van der Waals surface area contributed by atoms with Gasteiger partial charge in [0, 0.05) is 5.75 Å². The molecule has 2 aromatic rings. The van der Waals surface area contributed by atoms with E-state index in [0.29, 0.717) is 10.6 Å². The van der Waals surface area contributed by atoms with Crippen LogP contribution in [0.15, 0.2) is 41.6 Å². The molecule has 4 nitrogen and oxygen atoms in total. The summed E-state index contributed by atoms with van der Waals surface area (Å²) < 4.78 is 0. The highest BCUT2D eigenvalue weighted by Gasteiger charge is 2.10. The molecule has 2 N–H and O–H groups in total. The van der Waals surface area contributed by atoms with E-state index in [1.165, 1.54) is 11.8 Å². The Morgan fingerprint density at radius 3 is 2.25 bits per heavy atom. The summed E-state index contributed by atoms with van der Waals surface area (Å²) in [6, 6.07) is 9.78. The molecule has 5 heteroatoms. The summed E-state index contributed by atoms with van der Waals surface area (Å²) in [5.41, 5.74) is 1.11. The van der Waals surface area contributed by atoms with Gasteiger partial charge in [-0.15, -0.1) is 11.8 Å². The Morgan fingerprint density at radius 1 is 1.00 bits per heavy atom. The lowest BCUT2D eigenvalue weighted by Crippen LogP contribution is -1.86. The second-order valence-electron chi connectivity index (χ2n) is 3.12. The summed E-state index contributed by atoms with van der Waals surface area (Å²) in [6.07, 6.45) is 1.12. The molecular weight excluding hydrogens is 224 g/mol. The second-order valence-corrected chi connectivity index (χ2v) is 4.11. The number of benzene rings is 1. The average molecular weight is 234 g/mol. The van der Waals surface area contributed by atoms with Gasteiger partial charge < -0.3 is 10.2 Å². The molecule has 82 valence electrons. The van der Waals surface area contributed by atoms with E-state index in [-0.39, 0.29) is 11.8 Å². The Balaban J connectivity index is 2.11. The van der Waals surface area contributed by atoms with E-state index in [2.05, 4.69) is 9.97 Å². The van der Waals surface area contributed by atoms with Crippen LogP contribution in [0.3, 0.4) is 0 Å². The first kappa shape index (κ1) is 10.8. The number of thioether (sulfide) groups is 1. The average Bonchev–Trinajstić information content (AvgIpc) is 2.30. The molecule has 0 aliphatic carbocycles. The van der Waals surface area contributed by atoms with Crippen molar-refractivity contribution >= 4 is 11.8 Å². The molecule has 2 rings (SSSR count). The minimum absolute atomic E-state index is 0.187. The van der Waals surface area contributed by atoms with Crippen LogP contribution in [-0.2, 0) is 5.75 Å². The molecule has 1 aromatic heterocycles. The maximum atomic E-state index is 9.44. The fourth-order valence-corrected chi connectivity index (χ4v) is 2.08. The Labute approximate surface area is 97.0 Å². The zero-order chi connectivity index (χ0) is 11.4. The van der Waals surface area contributed by atoms with Gasteiger partial charge >= 0.3 is 0 Å². The second kappa shape index (κ2) is 4.85. The smallest absolute Gasteiger partial charge is 0.231 e. The van der Waals surface area contributed by atoms with Crippen molar-refractivity contribution in [1.29, 1.82) is 0 Å². The fourth-order valence-electron chi connectivity index (χ4n) is 1.21. The molecule has 0 radical (unpaired) electrons. The van der Waals surface area contributed by atoms with Crippen LogP contribution >= 0.6 is 11.8 Å². The van der Waals surface area contributed by atoms with Crippen molar-refractivity contribution in [2.75, 3.05) is 0 Å². The van der Waals surface area contributed by atoms with Crippen molar-refractivity contribution in [3.05, 3.63) is 42.2 Å². The van der Waals surface area contributed by atoms with Crippen LogP contribution in [0.25, 0.3) is 0 Å². The molecule has 0 saturated carbocycles. The van der Waals surface area contributed by atoms with Crippen molar-refractivity contribution in [3.63, 3.8) is 0 Å². The van der Waals surface area contributed by atoms with Gasteiger partial charge in [0.25, 0.3) is 0 Å². The third-order valence-electron chi connectivity index (χ3n) is 1.99. The molecule has 0 aliphatic heterocycles. The molecule has 0 atom stereocenters. The topological polar surface area (TPSA) is 66.2 Å². The van der Waals surface area contributed by atoms with Gasteiger partial charge in [0.15, 0.2) is 0 Å². The molecule has 0 amide bonds. The fraction of sp³-hybridized carbons (Fsp3) is 0.0909. The maximum Gasteiger partial charge on any atom is 0.231 e. The monoisotopic (exact) mass is 234 g/mol. The zero-order valence-corrected chi connectivity index (χ0v) is 9.18. The Kier molecular flexibility index (Phi) is 3.26. The van der Waals surface area contributed by atoms with Crippen LogP contribution in [0.4, 0.5) is 0 Å². The van der Waals surface area contributed by atoms with Crippen LogP contribution in [0, 0.1) is 0 Å². The number of rotatable bonds is 3. The highest BCUT2D eigenvalue weighted by Crippen LogP contribution is 2.34. The van der Waals surface area contributed by atoms with Gasteiger partial charge in [0.05, 0.1) is 0 Å². The van der Waals surface area contributed by atoms with Crippen LogP contribution in [0.2, 0.25) is 0 Å². The first-order valence-electron chi connectivity index (χ1n) is 4.67. The van der Waals surface area contributed by atoms with Gasteiger partial charge in [0.2, 0.25) is 11.8 Å². The molecule has 0 unspecified atom stereocenters. The van der Waals surface area contributed by atoms with E-state index in [4.69, 9.17) is 0 Å². The van der Waals surface area contributed by atoms with Crippen molar-refractivity contribution in [3.8, 4) is 11.8 Å². The summed E-state index contributed by atoms with van der Waals surface area (Å²) in [6.45, 7) is 0. The summed E-state index contributed by atoms with van der Waals surface area (Å²) in [5.74, 6) is 0.275. The van der Waals surface area contributed by atoms with Gasteiger partial charge in [-0.05, 0) is 5.56 Å². The first-order valence-corrected chi connectivity index (χ1v) is 5.65. The van der Waals surface area contributed by atoms with Gasteiger partial charge in [0.1, 0.15) is 11.2 Å². The van der Waals surface area contributed by atoms with E-state index in [1.54, 1.807) is 0 Å². The van der Waals surface area contributed by atoms with Gasteiger partial charge in [-0.25, -0.2) is 9.97 Å². The third-order valence-corrected chi connectivity index (χ3v) is 3.12. The van der Waals surface area contributed by atoms with Crippen LogP contribution < -0.4 is 0 Å². The molecule has 0 bridgehead atoms. The number of aromatic hydroxyl groups is 2. The Hall–Kier alpha value is -1.75. The van der Waals surface area contributed by atoms with E-state index in [9.17, 15) is 10.2 Å². The zero-order valence-electron chi connectivity index (χ0n) is 8.37. The largest absolute Gasteiger partial charge is 0.492 e. The quantitative estimate of drug-likeness (QED) is 0.797. The molecule has 0 spiro atoms. The molecule has 1 aromatic carbocycles. The molecular formula is C11H10N2O2S. The molecule has 0 saturated heterocycles. The summed E-state index contributed by atoms with van der Waals surface area (Å²) in [7, 11) is 0. The van der Waals surface area contributed by atoms with E-state index >= 15 is 0 Å². The predicted octanol–water partition coefficient (Wildman–Crippen LogP) is 2.18. The van der Waals surface area contributed by atoms with E-state index in [1.807, 2.05) is 30.3 Å². The summed E-state index contributed by atoms with van der Waals surface area (Å²) in [4.78, 5) is 7.54. The minimum atomic E-state index is -0.187. The molecule has 1 heterocycles. The lowest BCUT2D eigenvalue weighted by Gasteiger charge is -2.04. The molecule has 0 fully saturated rings. The maximum absolute atomic E-state index is 9.44. The number of hydrogen-bond acceptors (Lipinski definition) is 5. The van der Waals surface area contributed by atoms with Crippen molar-refractivity contribution < 1.29 is 10.2 Å². The van der Waals surface area contributed by atoms with E-state index in [0.717, 1.165) is 11.9 Å². The number of aromatic nitrogens is 2. The first-order chi connectivity index (χ1) is 7.77. The number of nitrogens with zero attached hydrogens (tertiary/aromatic N) is 2. The SMILES string of the molecule is Oc1ncnc(O)c1SCc1ccccc1. The van der Waals surface area contributed by atoms with Gasteiger partial charge in [-0.2, -0.15) is 0 Å². The van der Waals surface area contributed by atoms with Crippen LogP contribution in [0.1, 0.15) is 5.56 Å². The summed E-state index contributed by atoms with van der Waals surface area (Å²) in [5, 5.41) is 18.9. The predicted molar refractivity (Wildman–Crippen MR) is 61.4 cm³/mol. The van der Waals surface area contributed by atoms with Gasteiger partial charge in [-0.3, -0.25) is 0 Å². The van der Waals surface area contributed by atoms with Gasteiger partial charge in [-0.1, -0.05) is 30.3 Å². The standard InChI is InChI=1S/C11H10N2O2S/c14-10-9(11(15)13-7-12-10)16-6-8-4-2-1-3-5-8/h1-5,7H,6H2,(H2,12,13,14,15). The highest BCUT2D eigenvalue weighted by molar-refractivity contribution is 7.98. The molecule has 0 aliphatic rings. The summed E-state index contributed by atoms with van der Waals surface area (Å²) >= 11 is 1.30. The highest BCUT2D eigenvalue weighted by atomic mass is 32.2. The third kappa shape index (κ3) is 2.43. The number of hydrogen-bond donors (Lipinski definition) is 2. The minimum Gasteiger partial charge on any atom is -0.492 e. The normalized spacial score (nSPS) is 10.2. The lowest BCUT2D eigenvalue weighted by atomic mass is 10.2. The lowest BCUT2D eigenvalue weighted by molar-refractivity contribution is 0.397. The van der Waals surface area contributed by atoms with Crippen molar-refractivity contribution in [2.45, 2.75) is 10.6 Å². The molecule has 16 heavy (non-hydrogen) atoms. The van der Waals surface area contributed by atoms with Crippen LogP contribution in [-0.4, -0.2) is 20.2 Å². The van der Waals surface area contributed by atoms with Crippen molar-refractivity contribution in [1.82, 2.24) is 9.97 Å². The van der Waals surface area contributed by atoms with E-state index < -0.39 is 0 Å². The Bertz CT molecular complexity index is 456. The Morgan fingerprint density at radius 2 is 1.62 bits per heavy atom.